The lowest BCUT2D eigenvalue weighted by Crippen LogP contribution is -2.43. The molecule has 136 valence electrons. The summed E-state index contributed by atoms with van der Waals surface area (Å²) in [6.45, 7) is 5.73. The molecule has 0 saturated heterocycles. The van der Waals surface area contributed by atoms with Crippen LogP contribution >= 0.6 is 35.7 Å². The van der Waals surface area contributed by atoms with Crippen LogP contribution in [0.15, 0.2) is 23.2 Å². The van der Waals surface area contributed by atoms with Gasteiger partial charge in [-0.15, -0.1) is 24.0 Å². The number of hydrogen-bond donors (Lipinski definition) is 3. The molecule has 0 radical (unpaired) electrons. The number of carbonyl (C=O) groups excluding carboxylic acids is 1. The highest BCUT2D eigenvalue weighted by Gasteiger charge is 2.06. The summed E-state index contributed by atoms with van der Waals surface area (Å²) in [5.74, 6) is 0.995. The molecule has 0 aliphatic heterocycles. The Labute approximate surface area is 164 Å². The Kier molecular flexibility index (Phi) is 12.7. The van der Waals surface area contributed by atoms with Crippen LogP contribution in [0.3, 0.4) is 0 Å². The van der Waals surface area contributed by atoms with E-state index in [9.17, 15) is 9.18 Å². The second kappa shape index (κ2) is 13.3. The van der Waals surface area contributed by atoms with Gasteiger partial charge in [0.25, 0.3) is 0 Å². The minimum absolute atomic E-state index is 0. The van der Waals surface area contributed by atoms with Gasteiger partial charge in [0.1, 0.15) is 5.82 Å². The maximum absolute atomic E-state index is 13.4. The Morgan fingerprint density at radius 1 is 1.17 bits per heavy atom. The van der Waals surface area contributed by atoms with Crippen molar-refractivity contribution in [3.05, 3.63) is 35.1 Å². The molecule has 5 nitrogen and oxygen atoms in total. The van der Waals surface area contributed by atoms with Crippen molar-refractivity contribution in [2.45, 2.75) is 26.1 Å². The Morgan fingerprint density at radius 3 is 2.50 bits per heavy atom. The molecule has 1 aromatic rings. The highest BCUT2D eigenvalue weighted by molar-refractivity contribution is 14.0. The van der Waals surface area contributed by atoms with Gasteiger partial charge in [-0.3, -0.25) is 4.79 Å². The van der Waals surface area contributed by atoms with E-state index in [-0.39, 0.29) is 42.2 Å². The number of nitrogens with one attached hydrogen (secondary N) is 3. The van der Waals surface area contributed by atoms with Crippen LogP contribution in [0.25, 0.3) is 0 Å². The predicted molar refractivity (Wildman–Crippen MR) is 111 cm³/mol. The van der Waals surface area contributed by atoms with Gasteiger partial charge in [0.2, 0.25) is 5.91 Å². The fourth-order valence-corrected chi connectivity index (χ4v) is 2.55. The molecule has 8 heteroatoms. The second-order valence-corrected chi connectivity index (χ2v) is 5.71. The maximum atomic E-state index is 13.4. The third kappa shape index (κ3) is 8.72. The maximum Gasteiger partial charge on any atom is 0.239 e. The van der Waals surface area contributed by atoms with E-state index in [0.29, 0.717) is 25.6 Å². The van der Waals surface area contributed by atoms with Crippen molar-refractivity contribution < 1.29 is 9.18 Å². The van der Waals surface area contributed by atoms with Crippen molar-refractivity contribution in [3.63, 3.8) is 0 Å². The third-order valence-electron chi connectivity index (χ3n) is 3.01. The average molecular weight is 468 g/mol. The van der Waals surface area contributed by atoms with Crippen LogP contribution in [0.4, 0.5) is 4.39 Å². The van der Waals surface area contributed by atoms with E-state index in [4.69, 9.17) is 0 Å². The number of likely N-dealkylation sites (N-methyl/N-ethyl adjacent to an activating group) is 1. The number of rotatable bonds is 8. The number of aliphatic imine (C=N–C) groups is 1. The standard InChI is InChI=1S/C16H25FN4OS.HI/c1-4-18-15(22)10-21-16(19-5-2)20-9-12-6-7-14(17)8-13(12)11-23-3;/h6-8H,4-5,9-11H2,1-3H3,(H,18,22)(H2,19,20,21);1H. The van der Waals surface area contributed by atoms with E-state index in [0.717, 1.165) is 16.9 Å². The van der Waals surface area contributed by atoms with Crippen molar-refractivity contribution in [2.75, 3.05) is 25.9 Å². The zero-order valence-corrected chi connectivity index (χ0v) is 17.5. The molecule has 0 atom stereocenters. The van der Waals surface area contributed by atoms with E-state index in [1.165, 1.54) is 6.07 Å². The van der Waals surface area contributed by atoms with Gasteiger partial charge in [-0.05, 0) is 43.4 Å². The summed E-state index contributed by atoms with van der Waals surface area (Å²) < 4.78 is 13.4. The monoisotopic (exact) mass is 468 g/mol. The molecular weight excluding hydrogens is 442 g/mol. The van der Waals surface area contributed by atoms with Crippen LogP contribution in [0.1, 0.15) is 25.0 Å². The zero-order chi connectivity index (χ0) is 17.1. The summed E-state index contributed by atoms with van der Waals surface area (Å²) in [4.78, 5) is 16.0. The first-order valence-corrected chi connectivity index (χ1v) is 9.05. The molecular formula is C16H26FIN4OS. The quantitative estimate of drug-likeness (QED) is 0.312. The van der Waals surface area contributed by atoms with Crippen LogP contribution in [-0.4, -0.2) is 37.8 Å². The lowest BCUT2D eigenvalue weighted by Gasteiger charge is -2.12. The second-order valence-electron chi connectivity index (χ2n) is 4.85. The van der Waals surface area contributed by atoms with Crippen LogP contribution in [0, 0.1) is 5.82 Å². The zero-order valence-electron chi connectivity index (χ0n) is 14.3. The van der Waals surface area contributed by atoms with Crippen molar-refractivity contribution in [3.8, 4) is 0 Å². The molecule has 0 aromatic heterocycles. The molecule has 0 bridgehead atoms. The summed E-state index contributed by atoms with van der Waals surface area (Å²) in [6, 6.07) is 4.76. The molecule has 0 aliphatic carbocycles. The lowest BCUT2D eigenvalue weighted by molar-refractivity contribution is -0.119. The molecule has 1 amide bonds. The number of carbonyl (C=O) groups is 1. The number of nitrogens with zero attached hydrogens (tertiary/aromatic N) is 1. The summed E-state index contributed by atoms with van der Waals surface area (Å²) in [5.41, 5.74) is 1.93. The lowest BCUT2D eigenvalue weighted by atomic mass is 10.1. The smallest absolute Gasteiger partial charge is 0.239 e. The van der Waals surface area contributed by atoms with Gasteiger partial charge in [-0.2, -0.15) is 11.8 Å². The highest BCUT2D eigenvalue weighted by atomic mass is 127. The van der Waals surface area contributed by atoms with E-state index in [2.05, 4.69) is 20.9 Å². The Hall–Kier alpha value is -1.03. The summed E-state index contributed by atoms with van der Waals surface area (Å²) in [6.07, 6.45) is 1.98. The number of benzene rings is 1. The fourth-order valence-electron chi connectivity index (χ4n) is 1.97. The van der Waals surface area contributed by atoms with Gasteiger partial charge in [-0.1, -0.05) is 6.07 Å². The summed E-state index contributed by atoms with van der Waals surface area (Å²) >= 11 is 1.64. The molecule has 0 unspecified atom stereocenters. The van der Waals surface area contributed by atoms with Gasteiger partial charge in [0, 0.05) is 18.8 Å². The first kappa shape index (κ1) is 23.0. The van der Waals surface area contributed by atoms with Crippen LogP contribution in [0.5, 0.6) is 0 Å². The Bertz CT molecular complexity index is 543. The topological polar surface area (TPSA) is 65.5 Å². The number of hydrogen-bond acceptors (Lipinski definition) is 3. The predicted octanol–water partition coefficient (Wildman–Crippen LogP) is 2.50. The largest absolute Gasteiger partial charge is 0.357 e. The van der Waals surface area contributed by atoms with Crippen molar-refractivity contribution in [2.24, 2.45) is 4.99 Å². The normalized spacial score (nSPS) is 10.8. The third-order valence-corrected chi connectivity index (χ3v) is 3.61. The van der Waals surface area contributed by atoms with Gasteiger partial charge in [0.05, 0.1) is 13.1 Å². The van der Waals surface area contributed by atoms with E-state index >= 15 is 0 Å². The minimum atomic E-state index is -0.233. The van der Waals surface area contributed by atoms with Crippen LogP contribution < -0.4 is 16.0 Å². The molecule has 3 N–H and O–H groups in total. The number of halogens is 2. The van der Waals surface area contributed by atoms with Crippen LogP contribution in [0.2, 0.25) is 0 Å². The minimum Gasteiger partial charge on any atom is -0.357 e. The molecule has 0 saturated carbocycles. The van der Waals surface area contributed by atoms with Crippen LogP contribution in [-0.2, 0) is 17.1 Å². The first-order valence-electron chi connectivity index (χ1n) is 7.65. The summed E-state index contributed by atoms with van der Waals surface area (Å²) in [5, 5.41) is 8.80. The molecule has 0 fully saturated rings. The van der Waals surface area contributed by atoms with E-state index in [1.54, 1.807) is 23.9 Å². The van der Waals surface area contributed by atoms with E-state index < -0.39 is 0 Å². The highest BCUT2D eigenvalue weighted by Crippen LogP contribution is 2.17. The molecule has 0 heterocycles. The van der Waals surface area contributed by atoms with Gasteiger partial charge < -0.3 is 16.0 Å². The average Bonchev–Trinajstić information content (AvgIpc) is 2.52. The van der Waals surface area contributed by atoms with E-state index in [1.807, 2.05) is 20.1 Å². The number of amides is 1. The van der Waals surface area contributed by atoms with Gasteiger partial charge in [-0.25, -0.2) is 9.38 Å². The first-order chi connectivity index (χ1) is 11.1. The number of thioether (sulfide) groups is 1. The van der Waals surface area contributed by atoms with Crippen molar-refractivity contribution in [1.82, 2.24) is 16.0 Å². The van der Waals surface area contributed by atoms with Crippen molar-refractivity contribution in [1.29, 1.82) is 0 Å². The molecule has 1 rings (SSSR count). The fraction of sp³-hybridized carbons (Fsp3) is 0.500. The number of guanidine groups is 1. The summed E-state index contributed by atoms with van der Waals surface area (Å²) in [7, 11) is 0. The van der Waals surface area contributed by atoms with Gasteiger partial charge in [0.15, 0.2) is 5.96 Å². The SMILES string of the molecule is CCNC(=O)CNC(=NCc1ccc(F)cc1CSC)NCC.I. The molecule has 0 aliphatic rings. The van der Waals surface area contributed by atoms with Gasteiger partial charge >= 0.3 is 0 Å². The molecule has 1 aromatic carbocycles. The molecule has 0 spiro atoms. The Balaban J connectivity index is 0.00000529. The molecule has 24 heavy (non-hydrogen) atoms. The Morgan fingerprint density at radius 2 is 1.88 bits per heavy atom. The van der Waals surface area contributed by atoms with Crippen molar-refractivity contribution >= 4 is 47.6 Å².